The molecule has 2 amide bonds. The summed E-state index contributed by atoms with van der Waals surface area (Å²) in [5.74, 6) is -6.14. The van der Waals surface area contributed by atoms with Gasteiger partial charge in [0.25, 0.3) is 5.79 Å². The minimum absolute atomic E-state index is 0.205. The third kappa shape index (κ3) is 30.5. The number of aliphatic hydroxyl groups is 11. The van der Waals surface area contributed by atoms with E-state index < -0.39 is 155 Å². The van der Waals surface area contributed by atoms with E-state index in [1.54, 1.807) is 6.08 Å². The van der Waals surface area contributed by atoms with Gasteiger partial charge in [-0.1, -0.05) is 231 Å². The molecule has 0 aromatic rings. The first-order valence-corrected chi connectivity index (χ1v) is 35.1. The van der Waals surface area contributed by atoms with Gasteiger partial charge in [-0.25, -0.2) is 4.79 Å². The Kier molecular flexibility index (Phi) is 43.8. The molecule has 0 radical (unpaired) electrons. The largest absolute Gasteiger partial charge is 0.477 e. The fourth-order valence-electron chi connectivity index (χ4n) is 12.4. The van der Waals surface area contributed by atoms with E-state index in [1.807, 2.05) is 6.08 Å². The maximum atomic E-state index is 13.4. The SMILES string of the molecule is CCCCCCCCCCCCCCCCCCCCC/C=C/C(O)C(COC1OC(CO)C(OC2OC(CO)C(O)C(OC3(C(=O)O)CC(O)C(NC(C)=O)C(C(O)C(O)CO)O3)C2O)C(O)C1O)NC(=O)CCCCCCCCCCCCCCCCC. The van der Waals surface area contributed by atoms with Crippen molar-refractivity contribution in [3.63, 3.8) is 0 Å². The third-order valence-corrected chi connectivity index (χ3v) is 18.0. The summed E-state index contributed by atoms with van der Waals surface area (Å²) in [5.41, 5.74) is 0. The molecule has 0 aromatic carbocycles. The molecule has 3 aliphatic heterocycles. The highest BCUT2D eigenvalue weighted by molar-refractivity contribution is 5.77. The molecule has 3 fully saturated rings. The topological polar surface area (TPSA) is 373 Å². The number of carboxylic acids is 1. The molecule has 3 heterocycles. The summed E-state index contributed by atoms with van der Waals surface area (Å²) in [6, 6.07) is -2.61. The van der Waals surface area contributed by atoms with Crippen LogP contribution in [0.5, 0.6) is 0 Å². The maximum Gasteiger partial charge on any atom is 0.364 e. The van der Waals surface area contributed by atoms with E-state index in [1.165, 1.54) is 167 Å². The van der Waals surface area contributed by atoms with Crippen LogP contribution in [0.3, 0.4) is 0 Å². The predicted octanol–water partition coefficient (Wildman–Crippen LogP) is 6.29. The van der Waals surface area contributed by atoms with Gasteiger partial charge in [0.2, 0.25) is 11.8 Å². The normalized spacial score (nSPS) is 28.6. The van der Waals surface area contributed by atoms with Crippen LogP contribution in [0.4, 0.5) is 0 Å². The molecule has 90 heavy (non-hydrogen) atoms. The zero-order chi connectivity index (χ0) is 66.1. The van der Waals surface area contributed by atoms with Crippen molar-refractivity contribution in [3.05, 3.63) is 12.2 Å². The van der Waals surface area contributed by atoms with E-state index in [0.29, 0.717) is 12.8 Å². The summed E-state index contributed by atoms with van der Waals surface area (Å²) in [5, 5.41) is 136. The lowest BCUT2D eigenvalue weighted by Gasteiger charge is -2.50. The van der Waals surface area contributed by atoms with Crippen LogP contribution in [-0.4, -0.2) is 215 Å². The fourth-order valence-corrected chi connectivity index (χ4v) is 12.4. The second-order valence-electron chi connectivity index (χ2n) is 25.8. The highest BCUT2D eigenvalue weighted by Gasteiger charge is 2.60. The zero-order valence-electron chi connectivity index (χ0n) is 55.0. The Morgan fingerprint density at radius 2 is 1.03 bits per heavy atom. The van der Waals surface area contributed by atoms with Crippen molar-refractivity contribution in [3.8, 4) is 0 Å². The van der Waals surface area contributed by atoms with Crippen molar-refractivity contribution in [2.24, 2.45) is 0 Å². The number of ether oxygens (including phenoxy) is 6. The van der Waals surface area contributed by atoms with Gasteiger partial charge in [-0.05, 0) is 19.3 Å². The number of allylic oxidation sites excluding steroid dienone is 1. The van der Waals surface area contributed by atoms with Crippen molar-refractivity contribution >= 4 is 17.8 Å². The molecule has 23 heteroatoms. The molecule has 0 aliphatic carbocycles. The molecule has 14 N–H and O–H groups in total. The maximum absolute atomic E-state index is 13.4. The summed E-state index contributed by atoms with van der Waals surface area (Å²) in [4.78, 5) is 38.5. The lowest BCUT2D eigenvalue weighted by Crippen LogP contribution is -2.70. The van der Waals surface area contributed by atoms with E-state index in [0.717, 1.165) is 51.9 Å². The monoisotopic (exact) mass is 1290 g/mol. The van der Waals surface area contributed by atoms with Crippen molar-refractivity contribution in [2.45, 2.75) is 368 Å². The van der Waals surface area contributed by atoms with Crippen LogP contribution >= 0.6 is 0 Å². The molecule has 0 aromatic heterocycles. The molecule has 0 spiro atoms. The predicted molar refractivity (Wildman–Crippen MR) is 338 cm³/mol. The highest BCUT2D eigenvalue weighted by Crippen LogP contribution is 2.39. The second kappa shape index (κ2) is 48.2. The number of amides is 2. The van der Waals surface area contributed by atoms with Gasteiger partial charge < -0.3 is 100 Å². The summed E-state index contributed by atoms with van der Waals surface area (Å²) in [7, 11) is 0. The Morgan fingerprint density at radius 1 is 0.578 bits per heavy atom. The van der Waals surface area contributed by atoms with Gasteiger partial charge in [0.15, 0.2) is 12.6 Å². The van der Waals surface area contributed by atoms with E-state index in [4.69, 9.17) is 28.4 Å². The van der Waals surface area contributed by atoms with Gasteiger partial charge in [0.1, 0.15) is 67.1 Å². The van der Waals surface area contributed by atoms with Crippen LogP contribution in [0.1, 0.15) is 258 Å². The van der Waals surface area contributed by atoms with Gasteiger partial charge in [-0.15, -0.1) is 0 Å². The van der Waals surface area contributed by atoms with Crippen LogP contribution in [0.15, 0.2) is 12.2 Å². The molecular formula is C67H124N2O21. The Labute approximate surface area is 537 Å². The molecule has 3 aliphatic rings. The van der Waals surface area contributed by atoms with Gasteiger partial charge in [-0.2, -0.15) is 0 Å². The summed E-state index contributed by atoms with van der Waals surface area (Å²) in [6.07, 6.45) is 16.8. The average molecular weight is 1290 g/mol. The number of nitrogens with one attached hydrogen (secondary N) is 2. The Balaban J connectivity index is 1.60. The number of carbonyl (C=O) groups is 3. The van der Waals surface area contributed by atoms with E-state index in [2.05, 4.69) is 24.5 Å². The number of aliphatic carboxylic acids is 1. The number of rotatable bonds is 53. The summed E-state index contributed by atoms with van der Waals surface area (Å²) >= 11 is 0. The van der Waals surface area contributed by atoms with Crippen LogP contribution in [0.25, 0.3) is 0 Å². The summed E-state index contributed by atoms with van der Waals surface area (Å²) < 4.78 is 34.8. The van der Waals surface area contributed by atoms with Gasteiger partial charge in [-0.3, -0.25) is 9.59 Å². The molecule has 23 nitrogen and oxygen atoms in total. The number of hydrogen-bond donors (Lipinski definition) is 14. The van der Waals surface area contributed by atoms with Crippen molar-refractivity contribution in [2.75, 3.05) is 26.4 Å². The van der Waals surface area contributed by atoms with Crippen LogP contribution in [-0.2, 0) is 42.8 Å². The Hall–Kier alpha value is -2.53. The molecule has 18 unspecified atom stereocenters. The molecule has 3 rings (SSSR count). The van der Waals surface area contributed by atoms with Crippen molar-refractivity contribution < 1.29 is 104 Å². The lowest BCUT2D eigenvalue weighted by molar-refractivity contribution is -0.386. The molecule has 3 saturated heterocycles. The van der Waals surface area contributed by atoms with Crippen LogP contribution < -0.4 is 10.6 Å². The highest BCUT2D eigenvalue weighted by atomic mass is 16.8. The Morgan fingerprint density at radius 3 is 1.48 bits per heavy atom. The minimum atomic E-state index is -3.08. The first kappa shape index (κ1) is 81.7. The fraction of sp³-hybridized carbons (Fsp3) is 0.925. The third-order valence-electron chi connectivity index (χ3n) is 18.0. The first-order valence-electron chi connectivity index (χ1n) is 35.1. The number of unbranched alkanes of at least 4 members (excludes halogenated alkanes) is 33. The van der Waals surface area contributed by atoms with Crippen LogP contribution in [0.2, 0.25) is 0 Å². The molecule has 18 atom stereocenters. The quantitative estimate of drug-likeness (QED) is 0.0235. The Bertz CT molecular complexity index is 1870. The summed E-state index contributed by atoms with van der Waals surface area (Å²) in [6.45, 7) is 2.15. The molecule has 0 bridgehead atoms. The van der Waals surface area contributed by atoms with Crippen molar-refractivity contribution in [1.82, 2.24) is 10.6 Å². The van der Waals surface area contributed by atoms with E-state index >= 15 is 0 Å². The van der Waals surface area contributed by atoms with Crippen LogP contribution in [0, 0.1) is 0 Å². The molecular weight excluding hydrogens is 1170 g/mol. The number of carboxylic acid groups (broad SMARTS) is 1. The zero-order valence-corrected chi connectivity index (χ0v) is 55.0. The number of hydrogen-bond acceptors (Lipinski definition) is 20. The van der Waals surface area contributed by atoms with Gasteiger partial charge in [0, 0.05) is 19.8 Å². The van der Waals surface area contributed by atoms with Gasteiger partial charge >= 0.3 is 5.97 Å². The molecule has 0 saturated carbocycles. The minimum Gasteiger partial charge on any atom is -0.477 e. The smallest absolute Gasteiger partial charge is 0.364 e. The van der Waals surface area contributed by atoms with E-state index in [-0.39, 0.29) is 12.3 Å². The number of aliphatic hydroxyl groups excluding tert-OH is 11. The number of carbonyl (C=O) groups excluding carboxylic acids is 2. The first-order chi connectivity index (χ1) is 43.4. The average Bonchev–Trinajstić information content (AvgIpc) is 0.804. The van der Waals surface area contributed by atoms with Crippen molar-refractivity contribution in [1.29, 1.82) is 0 Å². The van der Waals surface area contributed by atoms with Gasteiger partial charge in [0.05, 0.1) is 50.7 Å². The second-order valence-corrected chi connectivity index (χ2v) is 25.8. The molecule has 528 valence electrons. The standard InChI is InChI=1S/C67H124N2O21/c1-4-6-8-10-12-14-16-18-20-21-22-23-24-25-27-28-30-32-34-36-38-40-49(74)48(69-54(77)41-39-37-35-33-31-29-26-19-17-15-13-11-9-7-5-2)46-85-64-59(81)58(80)61(53(45-72)87-64)88-65-60(82)63(57(79)52(44-71)86-65)90-67(66(83)84)42-50(75)55(68-47(3)73)62(89-67)56(78)51(76)43-70/h38,40,48-53,55-65,70-72,74-76,78-82H,4-37,39,41-46H2,1-3H3,(H,68,73)(H,69,77)(H,83,84)/b40-38+. The lowest BCUT2D eigenvalue weighted by atomic mass is 9.88. The van der Waals surface area contributed by atoms with E-state index in [9.17, 15) is 75.7 Å².